The van der Waals surface area contributed by atoms with Crippen LogP contribution in [0, 0.1) is 0 Å². The van der Waals surface area contributed by atoms with Crippen molar-refractivity contribution in [1.82, 2.24) is 53.2 Å². The molecular formula is C40H100Cl10N10. The normalized spacial score (nSPS) is 9.83. The fourth-order valence-electron chi connectivity index (χ4n) is 5.64. The summed E-state index contributed by atoms with van der Waals surface area (Å²) in [5.74, 6) is 0. The summed E-state index contributed by atoms with van der Waals surface area (Å²) in [5, 5.41) is 35.4. The van der Waals surface area contributed by atoms with Crippen LogP contribution in [0.4, 0.5) is 0 Å². The van der Waals surface area contributed by atoms with Crippen molar-refractivity contribution in [2.45, 2.75) is 117 Å². The Morgan fingerprint density at radius 3 is 0.483 bits per heavy atom. The third-order valence-electron chi connectivity index (χ3n) is 8.85. The lowest BCUT2D eigenvalue weighted by molar-refractivity contribution is 0.538. The predicted octanol–water partition coefficient (Wildman–Crippen LogP) is 7.94. The Morgan fingerprint density at radius 2 is 0.333 bits per heavy atom. The van der Waals surface area contributed by atoms with Gasteiger partial charge >= 0.3 is 0 Å². The van der Waals surface area contributed by atoms with Gasteiger partial charge in [-0.05, 0) is 221 Å². The van der Waals surface area contributed by atoms with Crippen LogP contribution in [0.15, 0.2) is 12.2 Å². The summed E-state index contributed by atoms with van der Waals surface area (Å²) < 4.78 is 0. The van der Waals surface area contributed by atoms with E-state index in [0.29, 0.717) is 0 Å². The highest BCUT2D eigenvalue weighted by Gasteiger charge is 1.95. The number of nitrogens with one attached hydrogen (secondary N) is 10. The number of hydrogen-bond donors (Lipinski definition) is 10. The zero-order chi connectivity index (χ0) is 35.9. The molecule has 0 fully saturated rings. The van der Waals surface area contributed by atoms with Crippen molar-refractivity contribution in [3.05, 3.63) is 12.2 Å². The summed E-state index contributed by atoms with van der Waals surface area (Å²) in [6.07, 6.45) is 24.8. The molecule has 0 bridgehead atoms. The molecule has 0 spiro atoms. The molecule has 0 aromatic heterocycles. The van der Waals surface area contributed by atoms with Gasteiger partial charge in [-0.2, -0.15) is 0 Å². The average molecular weight is 1080 g/mol. The first kappa shape index (κ1) is 88.9. The maximum atomic E-state index is 3.61. The Hall–Kier alpha value is 2.24. The minimum Gasteiger partial charge on any atom is -0.317 e. The highest BCUT2D eigenvalue weighted by Crippen LogP contribution is 1.92. The lowest BCUT2D eigenvalue weighted by Crippen LogP contribution is -2.23. The summed E-state index contributed by atoms with van der Waals surface area (Å²) in [6, 6.07) is 0. The van der Waals surface area contributed by atoms with E-state index in [1.54, 1.807) is 0 Å². The molecule has 380 valence electrons. The minimum absolute atomic E-state index is 0. The lowest BCUT2D eigenvalue weighted by atomic mass is 10.2. The first-order valence-electron chi connectivity index (χ1n) is 21.6. The minimum atomic E-state index is 0. The summed E-state index contributed by atoms with van der Waals surface area (Å²) in [7, 11) is 0. The van der Waals surface area contributed by atoms with Gasteiger partial charge in [0.25, 0.3) is 0 Å². The van der Waals surface area contributed by atoms with Crippen LogP contribution in [0.2, 0.25) is 0 Å². The molecule has 0 radical (unpaired) electrons. The average Bonchev–Trinajstić information content (AvgIpc) is 3.13. The van der Waals surface area contributed by atoms with Crippen molar-refractivity contribution in [3.8, 4) is 0 Å². The highest BCUT2D eigenvalue weighted by atomic mass is 35.5. The molecule has 0 aliphatic rings. The monoisotopic (exact) mass is 1070 g/mol. The van der Waals surface area contributed by atoms with Crippen LogP contribution in [-0.4, -0.2) is 131 Å². The van der Waals surface area contributed by atoms with Crippen LogP contribution in [0.1, 0.15) is 117 Å². The van der Waals surface area contributed by atoms with Gasteiger partial charge in [0.15, 0.2) is 0 Å². The third-order valence-corrected chi connectivity index (χ3v) is 8.85. The van der Waals surface area contributed by atoms with Crippen LogP contribution in [0.5, 0.6) is 0 Å². The second kappa shape index (κ2) is 88.0. The van der Waals surface area contributed by atoms with Gasteiger partial charge in [-0.3, -0.25) is 0 Å². The molecule has 0 atom stereocenters. The standard InChI is InChI=1S/C40H90N10.10ClH/c1-3-41-23-5-7-25-43-27-9-11-29-45-31-13-15-33-47-35-17-19-37-49-39-21-22-40-50-38-20-18-36-48-34-16-14-32-46-30-12-10-28-44-26-8-6-24-42-4-2;;;;;;;;;;/h21-22,41-50H,3-20,23-40H2,1-2H3;10*1H/b22-21-;;;;;;;;;;. The predicted molar refractivity (Wildman–Crippen MR) is 296 cm³/mol. The number of hydrogen-bond acceptors (Lipinski definition) is 10. The Balaban J connectivity index is -0.000000267. The molecular weight excluding hydrogens is 975 g/mol. The van der Waals surface area contributed by atoms with Crippen LogP contribution in [-0.2, 0) is 0 Å². The van der Waals surface area contributed by atoms with E-state index in [1.165, 1.54) is 103 Å². The van der Waals surface area contributed by atoms with Crippen LogP contribution < -0.4 is 53.2 Å². The maximum absolute atomic E-state index is 3.61. The van der Waals surface area contributed by atoms with Crippen LogP contribution in [0.3, 0.4) is 0 Å². The van der Waals surface area contributed by atoms with Gasteiger partial charge < -0.3 is 53.2 Å². The van der Waals surface area contributed by atoms with Crippen molar-refractivity contribution in [3.63, 3.8) is 0 Å². The fourth-order valence-corrected chi connectivity index (χ4v) is 5.64. The molecule has 0 heterocycles. The number of unbranched alkanes of at least 4 members (excludes halogenated alkanes) is 8. The van der Waals surface area contributed by atoms with E-state index in [2.05, 4.69) is 79.2 Å². The van der Waals surface area contributed by atoms with E-state index in [9.17, 15) is 0 Å². The SMILES string of the molecule is CCNCCCCNCCCCNCCCCNCCCCNC/C=C\CNCCCCNCCCCNCCCCNCCCCNCC.Cl.Cl.Cl.Cl.Cl.Cl.Cl.Cl.Cl.Cl. The summed E-state index contributed by atoms with van der Waals surface area (Å²) >= 11 is 0. The molecule has 0 saturated carbocycles. The molecule has 0 saturated heterocycles. The second-order valence-electron chi connectivity index (χ2n) is 13.7. The summed E-state index contributed by atoms with van der Waals surface area (Å²) in [4.78, 5) is 0. The summed E-state index contributed by atoms with van der Waals surface area (Å²) in [6.45, 7) is 26.8. The second-order valence-corrected chi connectivity index (χ2v) is 13.7. The smallest absolute Gasteiger partial charge is 0.0135 e. The van der Waals surface area contributed by atoms with Gasteiger partial charge in [0.05, 0.1) is 0 Å². The molecule has 20 heteroatoms. The maximum Gasteiger partial charge on any atom is 0.0135 e. The Bertz CT molecular complexity index is 600. The largest absolute Gasteiger partial charge is 0.317 e. The molecule has 0 amide bonds. The van der Waals surface area contributed by atoms with E-state index in [0.717, 1.165) is 131 Å². The van der Waals surface area contributed by atoms with E-state index in [4.69, 9.17) is 0 Å². The molecule has 10 nitrogen and oxygen atoms in total. The van der Waals surface area contributed by atoms with Gasteiger partial charge in [0.1, 0.15) is 0 Å². The first-order valence-corrected chi connectivity index (χ1v) is 21.6. The zero-order valence-corrected chi connectivity index (χ0v) is 45.9. The number of rotatable bonds is 46. The highest BCUT2D eigenvalue weighted by molar-refractivity contribution is 5.86. The van der Waals surface area contributed by atoms with Gasteiger partial charge in [0.2, 0.25) is 0 Å². The zero-order valence-electron chi connectivity index (χ0n) is 37.7. The van der Waals surface area contributed by atoms with Crippen molar-refractivity contribution in [2.24, 2.45) is 0 Å². The molecule has 60 heavy (non-hydrogen) atoms. The van der Waals surface area contributed by atoms with E-state index >= 15 is 0 Å². The molecule has 0 aliphatic heterocycles. The molecule has 10 N–H and O–H groups in total. The molecule has 0 aromatic carbocycles. The molecule has 0 rings (SSSR count). The van der Waals surface area contributed by atoms with E-state index in [-0.39, 0.29) is 124 Å². The Labute approximate surface area is 433 Å². The lowest BCUT2D eigenvalue weighted by Gasteiger charge is -2.07. The Morgan fingerprint density at radius 1 is 0.200 bits per heavy atom. The van der Waals surface area contributed by atoms with Crippen molar-refractivity contribution in [2.75, 3.05) is 131 Å². The van der Waals surface area contributed by atoms with Crippen molar-refractivity contribution < 1.29 is 0 Å². The first-order chi connectivity index (χ1) is 24.9. The molecule has 0 unspecified atom stereocenters. The van der Waals surface area contributed by atoms with Gasteiger partial charge in [-0.1, -0.05) is 26.0 Å². The molecule has 0 aliphatic carbocycles. The fraction of sp³-hybridized carbons (Fsp3) is 0.950. The van der Waals surface area contributed by atoms with Gasteiger partial charge in [-0.15, -0.1) is 124 Å². The van der Waals surface area contributed by atoms with E-state index in [1.807, 2.05) is 0 Å². The Kier molecular flexibility index (Phi) is 130. The van der Waals surface area contributed by atoms with Gasteiger partial charge in [0, 0.05) is 13.1 Å². The van der Waals surface area contributed by atoms with Crippen molar-refractivity contribution >= 4 is 124 Å². The third kappa shape index (κ3) is 87.2. The number of halogens is 10. The molecule has 0 aromatic rings. The van der Waals surface area contributed by atoms with Crippen LogP contribution in [0.25, 0.3) is 0 Å². The van der Waals surface area contributed by atoms with Gasteiger partial charge in [-0.25, -0.2) is 0 Å². The quantitative estimate of drug-likeness (QED) is 0.0218. The van der Waals surface area contributed by atoms with Crippen LogP contribution >= 0.6 is 124 Å². The summed E-state index contributed by atoms with van der Waals surface area (Å²) in [5.41, 5.74) is 0. The van der Waals surface area contributed by atoms with Crippen molar-refractivity contribution in [1.29, 1.82) is 0 Å². The van der Waals surface area contributed by atoms with E-state index < -0.39 is 0 Å². The topological polar surface area (TPSA) is 120 Å².